The minimum Gasteiger partial charge on any atom is -0.372 e. The molecule has 7 nitrogen and oxygen atoms in total. The van der Waals surface area contributed by atoms with E-state index in [9.17, 15) is 19.5 Å². The summed E-state index contributed by atoms with van der Waals surface area (Å²) in [4.78, 5) is 40.0. The molecule has 0 unspecified atom stereocenters. The summed E-state index contributed by atoms with van der Waals surface area (Å²) in [6.45, 7) is 0. The average Bonchev–Trinajstić information content (AvgIpc) is 2.82. The fourth-order valence-electron chi connectivity index (χ4n) is 3.09. The zero-order valence-corrected chi connectivity index (χ0v) is 19.3. The predicted molar refractivity (Wildman–Crippen MR) is 127 cm³/mol. The molecule has 3 amide bonds. The molecule has 9 heteroatoms. The lowest BCUT2D eigenvalue weighted by Gasteiger charge is -2.32. The van der Waals surface area contributed by atoms with Crippen molar-refractivity contribution in [1.82, 2.24) is 10.3 Å². The number of hydrogen-bond donors (Lipinski definition) is 2. The number of benzene rings is 3. The number of para-hydroxylation sites is 1. The van der Waals surface area contributed by atoms with Crippen LogP contribution in [-0.4, -0.2) is 41.8 Å². The van der Waals surface area contributed by atoms with E-state index in [-0.39, 0.29) is 16.8 Å². The molecule has 0 aliphatic carbocycles. The molecule has 170 valence electrons. The second-order valence-corrected chi connectivity index (χ2v) is 8.21. The number of anilines is 1. The Morgan fingerprint density at radius 3 is 1.64 bits per heavy atom. The molecule has 0 aromatic heterocycles. The van der Waals surface area contributed by atoms with E-state index in [2.05, 4.69) is 5.43 Å². The smallest absolute Gasteiger partial charge is 0.335 e. The highest BCUT2D eigenvalue weighted by Gasteiger charge is 2.42. The predicted octanol–water partition coefficient (Wildman–Crippen LogP) is 3.38. The van der Waals surface area contributed by atoms with Crippen molar-refractivity contribution in [2.24, 2.45) is 0 Å². The highest BCUT2D eigenvalue weighted by Crippen LogP contribution is 2.32. The number of nitrogens with zero attached hydrogens (tertiary/aromatic N) is 2. The highest BCUT2D eigenvalue weighted by molar-refractivity contribution is 6.40. The maximum atomic E-state index is 13.6. The van der Waals surface area contributed by atoms with Crippen LogP contribution in [-0.2, 0) is 20.0 Å². The molecule has 3 aromatic carbocycles. The molecule has 0 aliphatic rings. The zero-order chi connectivity index (χ0) is 24.2. The van der Waals surface area contributed by atoms with E-state index < -0.39 is 23.3 Å². The number of likely N-dealkylation sites (N-methyl/N-ethyl adjacent to an activating group) is 1. The SMILES string of the molecule is CN(C)C(=O)C(=O)N(NC(=O)C(O)(c1ccc(Cl)cc1)c1ccc(Cl)cc1)c1ccccc1. The third-order valence-corrected chi connectivity index (χ3v) is 5.38. The molecule has 33 heavy (non-hydrogen) atoms. The molecule has 0 atom stereocenters. The van der Waals surface area contributed by atoms with Crippen molar-refractivity contribution in [2.75, 3.05) is 19.1 Å². The second-order valence-electron chi connectivity index (χ2n) is 7.34. The normalized spacial score (nSPS) is 10.9. The largest absolute Gasteiger partial charge is 0.372 e. The van der Waals surface area contributed by atoms with E-state index in [1.54, 1.807) is 30.3 Å². The van der Waals surface area contributed by atoms with Gasteiger partial charge in [0.1, 0.15) is 0 Å². The number of amides is 3. The minimum atomic E-state index is -2.23. The van der Waals surface area contributed by atoms with Crippen LogP contribution < -0.4 is 10.4 Å². The summed E-state index contributed by atoms with van der Waals surface area (Å²) in [7, 11) is 2.84. The van der Waals surface area contributed by atoms with E-state index in [1.807, 2.05) is 0 Å². The van der Waals surface area contributed by atoms with E-state index in [4.69, 9.17) is 23.2 Å². The van der Waals surface area contributed by atoms with Crippen molar-refractivity contribution in [3.63, 3.8) is 0 Å². The number of aliphatic hydroxyl groups is 1. The molecule has 0 saturated carbocycles. The first kappa shape index (κ1) is 24.3. The summed E-state index contributed by atoms with van der Waals surface area (Å²) in [5.74, 6) is -2.83. The molecule has 0 bridgehead atoms. The van der Waals surface area contributed by atoms with E-state index in [0.717, 1.165) is 9.91 Å². The summed E-state index contributed by atoms with van der Waals surface area (Å²) in [6.07, 6.45) is 0. The van der Waals surface area contributed by atoms with E-state index in [0.29, 0.717) is 10.0 Å². The molecule has 0 fully saturated rings. The number of carbonyl (C=O) groups excluding carboxylic acids is 3. The Labute approximate surface area is 201 Å². The van der Waals surface area contributed by atoms with Gasteiger partial charge in [0.15, 0.2) is 5.60 Å². The molecular formula is C24H21Cl2N3O4. The van der Waals surface area contributed by atoms with Gasteiger partial charge in [0.2, 0.25) is 0 Å². The van der Waals surface area contributed by atoms with E-state index >= 15 is 0 Å². The summed E-state index contributed by atoms with van der Waals surface area (Å²) in [5, 5.41) is 13.3. The van der Waals surface area contributed by atoms with Crippen LogP contribution in [0.1, 0.15) is 11.1 Å². The molecule has 0 heterocycles. The first-order valence-electron chi connectivity index (χ1n) is 9.81. The number of carbonyl (C=O) groups is 3. The van der Waals surface area contributed by atoms with Crippen LogP contribution in [0.15, 0.2) is 78.9 Å². The first-order valence-corrected chi connectivity index (χ1v) is 10.6. The highest BCUT2D eigenvalue weighted by atomic mass is 35.5. The van der Waals surface area contributed by atoms with Gasteiger partial charge in [-0.2, -0.15) is 0 Å². The van der Waals surface area contributed by atoms with E-state index in [1.165, 1.54) is 62.6 Å². The molecule has 2 N–H and O–H groups in total. The van der Waals surface area contributed by atoms with Crippen LogP contribution >= 0.6 is 23.2 Å². The van der Waals surface area contributed by atoms with Crippen molar-refractivity contribution < 1.29 is 19.5 Å². The Balaban J connectivity index is 2.08. The lowest BCUT2D eigenvalue weighted by molar-refractivity contribution is -0.145. The molecule has 3 aromatic rings. The van der Waals surface area contributed by atoms with Crippen LogP contribution in [0.25, 0.3) is 0 Å². The van der Waals surface area contributed by atoms with Crippen LogP contribution in [0.5, 0.6) is 0 Å². The van der Waals surface area contributed by atoms with Crippen molar-refractivity contribution in [2.45, 2.75) is 5.60 Å². The van der Waals surface area contributed by atoms with Gasteiger partial charge in [-0.05, 0) is 47.5 Å². The maximum absolute atomic E-state index is 13.6. The Hall–Kier alpha value is -3.39. The maximum Gasteiger partial charge on any atom is 0.335 e. The molecule has 0 saturated heterocycles. The summed E-state index contributed by atoms with van der Waals surface area (Å²) in [6, 6.07) is 20.2. The minimum absolute atomic E-state index is 0.200. The Kier molecular flexibility index (Phi) is 7.38. The quantitative estimate of drug-likeness (QED) is 0.437. The van der Waals surface area contributed by atoms with Crippen LogP contribution in [0.3, 0.4) is 0 Å². The van der Waals surface area contributed by atoms with Crippen LogP contribution in [0.4, 0.5) is 5.69 Å². The fraction of sp³-hybridized carbons (Fsp3) is 0.125. The van der Waals surface area contributed by atoms with Crippen molar-refractivity contribution in [1.29, 1.82) is 0 Å². The standard InChI is InChI=1S/C24H21Cl2N3O4/c1-28(2)21(30)22(31)29(20-6-4-3-5-7-20)27-23(32)24(33,16-8-12-18(25)13-9-16)17-10-14-19(26)15-11-17/h3-15,33H,1-2H3,(H,27,32). The molecular weight excluding hydrogens is 465 g/mol. The fourth-order valence-corrected chi connectivity index (χ4v) is 3.34. The van der Waals surface area contributed by atoms with Gasteiger partial charge in [-0.1, -0.05) is 65.7 Å². The summed E-state index contributed by atoms with van der Waals surface area (Å²) < 4.78 is 0. The molecule has 0 radical (unpaired) electrons. The van der Waals surface area contributed by atoms with Gasteiger partial charge in [-0.25, -0.2) is 5.01 Å². The summed E-state index contributed by atoms with van der Waals surface area (Å²) >= 11 is 12.0. The van der Waals surface area contributed by atoms with Crippen LogP contribution in [0.2, 0.25) is 10.0 Å². The Morgan fingerprint density at radius 1 is 0.758 bits per heavy atom. The lowest BCUT2D eigenvalue weighted by atomic mass is 9.85. The number of rotatable bonds is 4. The van der Waals surface area contributed by atoms with Gasteiger partial charge < -0.3 is 10.0 Å². The van der Waals surface area contributed by atoms with Gasteiger partial charge >= 0.3 is 11.8 Å². The number of halogens is 2. The van der Waals surface area contributed by atoms with Gasteiger partial charge in [0, 0.05) is 24.1 Å². The Bertz CT molecular complexity index is 1110. The van der Waals surface area contributed by atoms with Gasteiger partial charge in [0.05, 0.1) is 5.69 Å². The lowest BCUT2D eigenvalue weighted by Crippen LogP contribution is -2.57. The summed E-state index contributed by atoms with van der Waals surface area (Å²) in [5.41, 5.74) is 0.821. The molecule has 0 spiro atoms. The monoisotopic (exact) mass is 485 g/mol. The van der Waals surface area contributed by atoms with Crippen molar-refractivity contribution >= 4 is 46.6 Å². The van der Waals surface area contributed by atoms with Gasteiger partial charge in [-0.15, -0.1) is 0 Å². The first-order chi connectivity index (χ1) is 15.6. The van der Waals surface area contributed by atoms with Crippen LogP contribution in [0, 0.1) is 0 Å². The molecule has 0 aliphatic heterocycles. The molecule has 3 rings (SSSR count). The average molecular weight is 486 g/mol. The van der Waals surface area contributed by atoms with Gasteiger partial charge in [0.25, 0.3) is 5.91 Å². The van der Waals surface area contributed by atoms with Crippen molar-refractivity contribution in [3.05, 3.63) is 100 Å². The third kappa shape index (κ3) is 5.17. The van der Waals surface area contributed by atoms with Crippen molar-refractivity contribution in [3.8, 4) is 0 Å². The second kappa shape index (κ2) is 10.0. The zero-order valence-electron chi connectivity index (χ0n) is 17.8. The Morgan fingerprint density at radius 2 is 1.21 bits per heavy atom. The number of nitrogens with one attached hydrogen (secondary N) is 1. The topological polar surface area (TPSA) is 90.0 Å². The number of hydrazine groups is 1. The third-order valence-electron chi connectivity index (χ3n) is 4.87. The number of hydrogen-bond acceptors (Lipinski definition) is 4. The van der Waals surface area contributed by atoms with Gasteiger partial charge in [-0.3, -0.25) is 19.8 Å².